The molecule has 0 aliphatic heterocycles. The van der Waals surface area contributed by atoms with Crippen LogP contribution in [0.1, 0.15) is 67.2 Å². The maximum Gasteiger partial charge on any atom is 0.0809 e. The predicted molar refractivity (Wildman–Crippen MR) is 78.9 cm³/mol. The molecule has 1 fully saturated rings. The normalized spacial score (nSPS) is 29.8. The molecule has 0 heterocycles. The molecule has 2 heteroatoms. The smallest absolute Gasteiger partial charge is 0.0809 e. The third-order valence-corrected chi connectivity index (χ3v) is 3.71. The lowest BCUT2D eigenvalue weighted by Gasteiger charge is -2.42. The second-order valence-electron chi connectivity index (χ2n) is 7.69. The first-order valence-corrected chi connectivity index (χ1v) is 7.61. The van der Waals surface area contributed by atoms with E-state index in [1.54, 1.807) is 0 Å². The molecule has 1 rings (SSSR count). The van der Waals surface area contributed by atoms with E-state index in [2.05, 4.69) is 46.9 Å². The largest absolute Gasteiger partial charge is 0.373 e. The van der Waals surface area contributed by atoms with Crippen LogP contribution >= 0.6 is 0 Å². The van der Waals surface area contributed by atoms with Crippen LogP contribution < -0.4 is 5.32 Å². The van der Waals surface area contributed by atoms with Gasteiger partial charge in [0.2, 0.25) is 0 Å². The molecular weight excluding hydrogens is 222 g/mol. The van der Waals surface area contributed by atoms with E-state index < -0.39 is 0 Å². The van der Waals surface area contributed by atoms with Crippen molar-refractivity contribution < 1.29 is 4.74 Å². The van der Waals surface area contributed by atoms with E-state index in [0.29, 0.717) is 5.92 Å². The molecular formula is C16H33NO. The van der Waals surface area contributed by atoms with Gasteiger partial charge in [0.25, 0.3) is 0 Å². The molecule has 18 heavy (non-hydrogen) atoms. The van der Waals surface area contributed by atoms with Gasteiger partial charge in [-0.25, -0.2) is 0 Å². The van der Waals surface area contributed by atoms with Crippen molar-refractivity contribution in [3.63, 3.8) is 0 Å². The van der Waals surface area contributed by atoms with Crippen molar-refractivity contribution in [1.29, 1.82) is 0 Å². The molecule has 0 radical (unpaired) electrons. The number of nitrogens with one attached hydrogen (secondary N) is 1. The van der Waals surface area contributed by atoms with E-state index in [1.165, 1.54) is 25.7 Å². The standard InChI is InChI=1S/C16H33NO/c1-13(2)11-18-16(12-17-15(4,5)6)9-7-8-14(3)10-16/h13-14,17H,7-12H2,1-6H3. The van der Waals surface area contributed by atoms with Crippen molar-refractivity contribution in [1.82, 2.24) is 5.32 Å². The van der Waals surface area contributed by atoms with Crippen molar-refractivity contribution in [3.05, 3.63) is 0 Å². The van der Waals surface area contributed by atoms with Gasteiger partial charge in [-0.3, -0.25) is 0 Å². The number of hydrogen-bond acceptors (Lipinski definition) is 2. The summed E-state index contributed by atoms with van der Waals surface area (Å²) in [5.41, 5.74) is 0.254. The van der Waals surface area contributed by atoms with Crippen LogP contribution in [0.5, 0.6) is 0 Å². The minimum Gasteiger partial charge on any atom is -0.373 e. The summed E-state index contributed by atoms with van der Waals surface area (Å²) >= 11 is 0. The Morgan fingerprint density at radius 3 is 2.50 bits per heavy atom. The Hall–Kier alpha value is -0.0800. The van der Waals surface area contributed by atoms with Gasteiger partial charge >= 0.3 is 0 Å². The van der Waals surface area contributed by atoms with E-state index >= 15 is 0 Å². The monoisotopic (exact) mass is 255 g/mol. The molecule has 2 atom stereocenters. The SMILES string of the molecule is CC(C)COC1(CNC(C)(C)C)CCCC(C)C1. The minimum absolute atomic E-state index is 0.0786. The molecule has 1 N–H and O–H groups in total. The molecule has 0 aromatic rings. The third-order valence-electron chi connectivity index (χ3n) is 3.71. The summed E-state index contributed by atoms with van der Waals surface area (Å²) in [4.78, 5) is 0. The lowest BCUT2D eigenvalue weighted by atomic mass is 9.78. The first kappa shape index (κ1) is 16.0. The third kappa shape index (κ3) is 5.71. The average molecular weight is 255 g/mol. The lowest BCUT2D eigenvalue weighted by Crippen LogP contribution is -2.51. The molecule has 108 valence electrons. The highest BCUT2D eigenvalue weighted by Crippen LogP contribution is 2.35. The Bertz CT molecular complexity index is 244. The highest BCUT2D eigenvalue weighted by molar-refractivity contribution is 4.91. The fourth-order valence-corrected chi connectivity index (χ4v) is 2.72. The highest BCUT2D eigenvalue weighted by Gasteiger charge is 2.36. The summed E-state index contributed by atoms with van der Waals surface area (Å²) in [6.07, 6.45) is 5.10. The zero-order valence-electron chi connectivity index (χ0n) is 13.3. The number of rotatable bonds is 5. The Kier molecular flexibility index (Phi) is 5.67. The zero-order valence-corrected chi connectivity index (χ0v) is 13.3. The van der Waals surface area contributed by atoms with Gasteiger partial charge in [-0.2, -0.15) is 0 Å². The van der Waals surface area contributed by atoms with Gasteiger partial charge in [-0.15, -0.1) is 0 Å². The van der Waals surface area contributed by atoms with Crippen LogP contribution in [0.3, 0.4) is 0 Å². The van der Waals surface area contributed by atoms with Gasteiger partial charge in [0.15, 0.2) is 0 Å². The summed E-state index contributed by atoms with van der Waals surface area (Å²) in [6, 6.07) is 0. The maximum absolute atomic E-state index is 6.34. The average Bonchev–Trinajstić information content (AvgIpc) is 2.23. The molecule has 0 aromatic heterocycles. The van der Waals surface area contributed by atoms with Gasteiger partial charge in [0.1, 0.15) is 0 Å². The predicted octanol–water partition coefficient (Wildman–Crippen LogP) is 4.00. The van der Waals surface area contributed by atoms with Crippen LogP contribution in [-0.2, 0) is 4.74 Å². The lowest BCUT2D eigenvalue weighted by molar-refractivity contribution is -0.0908. The summed E-state index contributed by atoms with van der Waals surface area (Å²) < 4.78 is 6.34. The van der Waals surface area contributed by atoms with E-state index in [4.69, 9.17) is 4.74 Å². The quantitative estimate of drug-likeness (QED) is 0.802. The van der Waals surface area contributed by atoms with Crippen LogP contribution in [0.15, 0.2) is 0 Å². The van der Waals surface area contributed by atoms with Crippen LogP contribution in [0, 0.1) is 11.8 Å². The molecule has 1 aliphatic carbocycles. The van der Waals surface area contributed by atoms with E-state index in [-0.39, 0.29) is 11.1 Å². The summed E-state index contributed by atoms with van der Waals surface area (Å²) in [6.45, 7) is 15.4. The van der Waals surface area contributed by atoms with Gasteiger partial charge in [-0.05, 0) is 45.4 Å². The first-order chi connectivity index (χ1) is 8.22. The minimum atomic E-state index is 0.0786. The van der Waals surface area contributed by atoms with Gasteiger partial charge in [0, 0.05) is 18.7 Å². The van der Waals surface area contributed by atoms with Crippen molar-refractivity contribution in [2.75, 3.05) is 13.2 Å². The Balaban J connectivity index is 2.61. The van der Waals surface area contributed by atoms with Crippen molar-refractivity contribution in [2.24, 2.45) is 11.8 Å². The van der Waals surface area contributed by atoms with E-state index in [9.17, 15) is 0 Å². The first-order valence-electron chi connectivity index (χ1n) is 7.61. The second-order valence-corrected chi connectivity index (χ2v) is 7.69. The zero-order chi connectivity index (χ0) is 13.8. The topological polar surface area (TPSA) is 21.3 Å². The van der Waals surface area contributed by atoms with Crippen LogP contribution in [0.25, 0.3) is 0 Å². The van der Waals surface area contributed by atoms with Crippen LogP contribution in [0.2, 0.25) is 0 Å². The summed E-state index contributed by atoms with van der Waals surface area (Å²) in [5.74, 6) is 1.42. The highest BCUT2D eigenvalue weighted by atomic mass is 16.5. The van der Waals surface area contributed by atoms with Crippen LogP contribution in [-0.4, -0.2) is 24.3 Å². The molecule has 0 saturated heterocycles. The number of ether oxygens (including phenoxy) is 1. The van der Waals surface area contributed by atoms with Crippen LogP contribution in [0.4, 0.5) is 0 Å². The van der Waals surface area contributed by atoms with Crippen molar-refractivity contribution in [3.8, 4) is 0 Å². The van der Waals surface area contributed by atoms with Gasteiger partial charge < -0.3 is 10.1 Å². The van der Waals surface area contributed by atoms with Gasteiger partial charge in [0.05, 0.1) is 5.60 Å². The fourth-order valence-electron chi connectivity index (χ4n) is 2.72. The number of hydrogen-bond donors (Lipinski definition) is 1. The second kappa shape index (κ2) is 6.38. The molecule has 0 aromatic carbocycles. The maximum atomic E-state index is 6.34. The molecule has 1 saturated carbocycles. The molecule has 2 nitrogen and oxygen atoms in total. The Morgan fingerprint density at radius 2 is 2.00 bits per heavy atom. The van der Waals surface area contributed by atoms with E-state index in [0.717, 1.165) is 19.1 Å². The Morgan fingerprint density at radius 1 is 1.33 bits per heavy atom. The molecule has 0 bridgehead atoms. The molecule has 2 unspecified atom stereocenters. The van der Waals surface area contributed by atoms with Crippen molar-refractivity contribution >= 4 is 0 Å². The van der Waals surface area contributed by atoms with Crippen molar-refractivity contribution in [2.45, 2.75) is 78.4 Å². The van der Waals surface area contributed by atoms with E-state index in [1.807, 2.05) is 0 Å². The summed E-state index contributed by atoms with van der Waals surface area (Å²) in [5, 5.41) is 3.65. The summed E-state index contributed by atoms with van der Waals surface area (Å²) in [7, 11) is 0. The molecule has 0 amide bonds. The fraction of sp³-hybridized carbons (Fsp3) is 1.00. The molecule has 0 spiro atoms. The molecule has 1 aliphatic rings. The Labute approximate surface area is 114 Å². The van der Waals surface area contributed by atoms with Gasteiger partial charge in [-0.1, -0.05) is 33.6 Å².